The number of hydrogen-bond acceptors (Lipinski definition) is 5. The summed E-state index contributed by atoms with van der Waals surface area (Å²) >= 11 is 0. The Kier molecular flexibility index (Phi) is 31.9. The molecule has 1 fully saturated rings. The minimum atomic E-state index is -3.75. The summed E-state index contributed by atoms with van der Waals surface area (Å²) in [5, 5.41) is 17.4. The molecule has 0 radical (unpaired) electrons. The number of phosphoric acid groups is 1. The van der Waals surface area contributed by atoms with Crippen LogP contribution in [0, 0.1) is 17.8 Å². The first kappa shape index (κ1) is 44.2. The Hall–Kier alpha value is -0.950. The molecular formula is C34H69O8P. The van der Waals surface area contributed by atoms with E-state index in [-0.39, 0.29) is 19.1 Å². The number of phosphoric ester groups is 1. The molecule has 0 saturated heterocycles. The fourth-order valence-corrected chi connectivity index (χ4v) is 5.97. The van der Waals surface area contributed by atoms with E-state index in [0.717, 1.165) is 63.7 Å². The summed E-state index contributed by atoms with van der Waals surface area (Å²) in [6.07, 6.45) is 24.9. The average molecular weight is 637 g/mol. The largest absolute Gasteiger partial charge is 0.481 e. The highest BCUT2D eigenvalue weighted by Gasteiger charge is 2.25. The summed E-state index contributed by atoms with van der Waals surface area (Å²) in [7, 11) is -3.75. The highest BCUT2D eigenvalue weighted by atomic mass is 31.2. The standard InChI is InChI=1S/C16H32O2.C10H18O2.C8H19O4P/c1-3-4-5-6-7-8-9-10-11-12-13-15(2)14-16(17)18;1-2-3-8-4-6-9(7-5-8)10(11)12;1-3-5-7-11-13(9,10)12-8-6-4-2/h15H,3-14H2,1-2H3,(H,17,18);8-9H,2-7H2,1H3,(H,11,12);3-8H2,1-2H3,(H,9,10)/t;8-,9-;. The molecule has 1 saturated carbocycles. The van der Waals surface area contributed by atoms with Crippen LogP contribution >= 0.6 is 7.82 Å². The molecule has 0 aromatic rings. The van der Waals surface area contributed by atoms with E-state index in [1.165, 1.54) is 77.0 Å². The third-order valence-corrected chi connectivity index (χ3v) is 8.99. The zero-order chi connectivity index (χ0) is 32.8. The Balaban J connectivity index is 0. The van der Waals surface area contributed by atoms with Gasteiger partial charge in [-0.2, -0.15) is 0 Å². The molecule has 0 amide bonds. The lowest BCUT2D eigenvalue weighted by molar-refractivity contribution is -0.143. The van der Waals surface area contributed by atoms with Crippen LogP contribution in [-0.2, 0) is 23.2 Å². The number of carboxylic acid groups (broad SMARTS) is 2. The quantitative estimate of drug-likeness (QED) is 0.0704. The molecule has 0 aromatic heterocycles. The van der Waals surface area contributed by atoms with Gasteiger partial charge < -0.3 is 15.1 Å². The summed E-state index contributed by atoms with van der Waals surface area (Å²) in [5.74, 6) is -0.139. The molecule has 0 aliphatic heterocycles. The first-order valence-corrected chi connectivity index (χ1v) is 19.1. The van der Waals surface area contributed by atoms with Crippen molar-refractivity contribution in [2.24, 2.45) is 17.8 Å². The van der Waals surface area contributed by atoms with E-state index in [1.54, 1.807) is 0 Å². The summed E-state index contributed by atoms with van der Waals surface area (Å²) in [4.78, 5) is 30.2. The van der Waals surface area contributed by atoms with Crippen molar-refractivity contribution in [2.45, 2.75) is 176 Å². The number of aliphatic carboxylic acids is 2. The van der Waals surface area contributed by atoms with E-state index in [0.29, 0.717) is 12.3 Å². The van der Waals surface area contributed by atoms with E-state index >= 15 is 0 Å². The molecule has 0 bridgehead atoms. The van der Waals surface area contributed by atoms with Gasteiger partial charge in [0, 0.05) is 6.42 Å². The van der Waals surface area contributed by atoms with Crippen molar-refractivity contribution in [1.29, 1.82) is 0 Å². The summed E-state index contributed by atoms with van der Waals surface area (Å²) in [6.45, 7) is 11.1. The van der Waals surface area contributed by atoms with Crippen LogP contribution in [0.1, 0.15) is 176 Å². The lowest BCUT2D eigenvalue weighted by Gasteiger charge is -2.25. The molecular weight excluding hydrogens is 567 g/mol. The van der Waals surface area contributed by atoms with Gasteiger partial charge in [0.15, 0.2) is 0 Å². The molecule has 1 unspecified atom stereocenters. The number of unbranched alkanes of at least 4 members (excludes halogenated alkanes) is 11. The normalized spacial score (nSPS) is 17.3. The molecule has 258 valence electrons. The molecule has 8 nitrogen and oxygen atoms in total. The van der Waals surface area contributed by atoms with Crippen LogP contribution in [0.2, 0.25) is 0 Å². The second kappa shape index (κ2) is 31.0. The average Bonchev–Trinajstić information content (AvgIpc) is 2.95. The Bertz CT molecular complexity index is 665. The van der Waals surface area contributed by atoms with Crippen LogP contribution in [0.4, 0.5) is 0 Å². The minimum Gasteiger partial charge on any atom is -0.481 e. The molecule has 0 heterocycles. The molecule has 1 rings (SSSR count). The van der Waals surface area contributed by atoms with Gasteiger partial charge in [0.05, 0.1) is 19.1 Å². The minimum absolute atomic E-state index is 0.0434. The Morgan fingerprint density at radius 3 is 1.53 bits per heavy atom. The first-order chi connectivity index (χ1) is 20.5. The van der Waals surface area contributed by atoms with Gasteiger partial charge in [0.25, 0.3) is 0 Å². The molecule has 1 atom stereocenters. The Morgan fingerprint density at radius 2 is 1.14 bits per heavy atom. The predicted octanol–water partition coefficient (Wildman–Crippen LogP) is 10.8. The van der Waals surface area contributed by atoms with Crippen LogP contribution in [0.25, 0.3) is 0 Å². The second-order valence-corrected chi connectivity index (χ2v) is 13.8. The van der Waals surface area contributed by atoms with Crippen molar-refractivity contribution in [3.8, 4) is 0 Å². The molecule has 9 heteroatoms. The van der Waals surface area contributed by atoms with Crippen molar-refractivity contribution >= 4 is 19.8 Å². The highest BCUT2D eigenvalue weighted by molar-refractivity contribution is 7.47. The van der Waals surface area contributed by atoms with Crippen molar-refractivity contribution in [2.75, 3.05) is 13.2 Å². The van der Waals surface area contributed by atoms with Gasteiger partial charge in [0.1, 0.15) is 0 Å². The number of hydrogen-bond donors (Lipinski definition) is 3. The summed E-state index contributed by atoms with van der Waals surface area (Å²) < 4.78 is 20.5. The lowest BCUT2D eigenvalue weighted by atomic mass is 9.80. The van der Waals surface area contributed by atoms with Gasteiger partial charge in [-0.15, -0.1) is 0 Å². The van der Waals surface area contributed by atoms with Gasteiger partial charge in [-0.3, -0.25) is 18.6 Å². The molecule has 1 aliphatic rings. The molecule has 1 aliphatic carbocycles. The van der Waals surface area contributed by atoms with Gasteiger partial charge in [-0.25, -0.2) is 4.57 Å². The third-order valence-electron chi connectivity index (χ3n) is 7.97. The number of carboxylic acids is 2. The van der Waals surface area contributed by atoms with Crippen molar-refractivity contribution < 1.29 is 38.3 Å². The summed E-state index contributed by atoms with van der Waals surface area (Å²) in [6, 6.07) is 0. The van der Waals surface area contributed by atoms with Crippen LogP contribution in [0.15, 0.2) is 0 Å². The second-order valence-electron chi connectivity index (χ2n) is 12.4. The monoisotopic (exact) mass is 636 g/mol. The Labute approximate surface area is 264 Å². The lowest BCUT2D eigenvalue weighted by Crippen LogP contribution is -2.21. The smallest absolute Gasteiger partial charge is 0.472 e. The van der Waals surface area contributed by atoms with Crippen LogP contribution in [0.3, 0.4) is 0 Å². The van der Waals surface area contributed by atoms with Gasteiger partial charge >= 0.3 is 19.8 Å². The fraction of sp³-hybridized carbons (Fsp3) is 0.941. The van der Waals surface area contributed by atoms with Crippen molar-refractivity contribution in [1.82, 2.24) is 0 Å². The summed E-state index contributed by atoms with van der Waals surface area (Å²) in [5.41, 5.74) is 0. The van der Waals surface area contributed by atoms with Gasteiger partial charge in [-0.1, -0.05) is 131 Å². The fourth-order valence-electron chi connectivity index (χ4n) is 5.17. The number of rotatable bonds is 24. The van der Waals surface area contributed by atoms with Crippen LogP contribution in [-0.4, -0.2) is 40.3 Å². The molecule has 3 N–H and O–H groups in total. The van der Waals surface area contributed by atoms with E-state index in [2.05, 4.69) is 13.8 Å². The first-order valence-electron chi connectivity index (χ1n) is 17.6. The zero-order valence-corrected chi connectivity index (χ0v) is 29.4. The van der Waals surface area contributed by atoms with E-state index < -0.39 is 19.8 Å². The number of carbonyl (C=O) groups is 2. The molecule has 43 heavy (non-hydrogen) atoms. The van der Waals surface area contributed by atoms with E-state index in [4.69, 9.17) is 24.2 Å². The van der Waals surface area contributed by atoms with Crippen LogP contribution in [0.5, 0.6) is 0 Å². The van der Waals surface area contributed by atoms with Crippen molar-refractivity contribution in [3.05, 3.63) is 0 Å². The molecule has 0 aromatic carbocycles. The maximum atomic E-state index is 11.1. The van der Waals surface area contributed by atoms with Gasteiger partial charge in [0.2, 0.25) is 0 Å². The van der Waals surface area contributed by atoms with E-state index in [1.807, 2.05) is 20.8 Å². The van der Waals surface area contributed by atoms with Crippen molar-refractivity contribution in [3.63, 3.8) is 0 Å². The zero-order valence-electron chi connectivity index (χ0n) is 28.5. The van der Waals surface area contributed by atoms with Gasteiger partial charge in [-0.05, 0) is 50.4 Å². The third kappa shape index (κ3) is 32.3. The van der Waals surface area contributed by atoms with E-state index in [9.17, 15) is 14.2 Å². The molecule has 0 spiro atoms. The maximum absolute atomic E-state index is 11.1. The van der Waals surface area contributed by atoms with Crippen LogP contribution < -0.4 is 0 Å². The predicted molar refractivity (Wildman–Crippen MR) is 177 cm³/mol. The topological polar surface area (TPSA) is 130 Å². The SMILES string of the molecule is CCCCCCCCCCCCC(C)CC(=O)O.CCCCOP(=O)(O)OCCCC.CCC[C@H]1CC[C@H](C(=O)O)CC1. The Morgan fingerprint density at radius 1 is 0.698 bits per heavy atom. The maximum Gasteiger partial charge on any atom is 0.472 e. The highest BCUT2D eigenvalue weighted by Crippen LogP contribution is 2.43.